The predicted molar refractivity (Wildman–Crippen MR) is 307 cm³/mol. The molecule has 0 fully saturated rings. The number of carbonyl (C=O) groups is 2. The van der Waals surface area contributed by atoms with Gasteiger partial charge >= 0.3 is 11.9 Å². The van der Waals surface area contributed by atoms with Crippen LogP contribution in [0.2, 0.25) is 0 Å². The Morgan fingerprint density at radius 3 is 0.871 bits per heavy atom. The van der Waals surface area contributed by atoms with Crippen LogP contribution in [0.25, 0.3) is 0 Å². The fourth-order valence-electron chi connectivity index (χ4n) is 9.98. The van der Waals surface area contributed by atoms with Gasteiger partial charge in [-0.05, 0) is 44.9 Å². The van der Waals surface area contributed by atoms with Gasteiger partial charge in [0.2, 0.25) is 0 Å². The van der Waals surface area contributed by atoms with Gasteiger partial charge in [0.05, 0.1) is 6.61 Å². The summed E-state index contributed by atoms with van der Waals surface area (Å²) in [5, 5.41) is 0. The normalized spacial score (nSPS) is 12.1. The number of carbonyl (C=O) groups excluding carboxylic acids is 2. The maximum Gasteiger partial charge on any atom is 0.306 e. The molecule has 0 radical (unpaired) electrons. The third-order valence-electron chi connectivity index (χ3n) is 14.8. The molecule has 0 rings (SSSR count). The number of allylic oxidation sites excluding steroid dienone is 2. The third-order valence-corrected chi connectivity index (χ3v) is 14.8. The van der Waals surface area contributed by atoms with Crippen LogP contribution >= 0.6 is 0 Å². The van der Waals surface area contributed by atoms with Crippen molar-refractivity contribution in [2.75, 3.05) is 19.8 Å². The van der Waals surface area contributed by atoms with Crippen molar-refractivity contribution >= 4 is 11.9 Å². The van der Waals surface area contributed by atoms with E-state index in [4.69, 9.17) is 14.2 Å². The lowest BCUT2D eigenvalue weighted by Gasteiger charge is -2.18. The molecular weight excluding hydrogens is 861 g/mol. The second kappa shape index (κ2) is 61.9. The van der Waals surface area contributed by atoms with Crippen LogP contribution in [0.1, 0.15) is 367 Å². The first kappa shape index (κ1) is 68.6. The second-order valence-electron chi connectivity index (χ2n) is 22.0. The molecule has 0 aliphatic heterocycles. The van der Waals surface area contributed by atoms with Crippen LogP contribution in [0.15, 0.2) is 12.2 Å². The zero-order valence-corrected chi connectivity index (χ0v) is 48.1. The smallest absolute Gasteiger partial charge is 0.306 e. The molecule has 0 aromatic heterocycles. The Morgan fingerprint density at radius 1 is 0.300 bits per heavy atom. The molecule has 5 nitrogen and oxygen atoms in total. The Kier molecular flexibility index (Phi) is 60.7. The summed E-state index contributed by atoms with van der Waals surface area (Å²) >= 11 is 0. The molecule has 0 aliphatic carbocycles. The first-order chi connectivity index (χ1) is 34.6. The molecule has 0 N–H and O–H groups in total. The van der Waals surface area contributed by atoms with E-state index in [0.29, 0.717) is 26.1 Å². The van der Waals surface area contributed by atoms with E-state index >= 15 is 0 Å². The van der Waals surface area contributed by atoms with Gasteiger partial charge < -0.3 is 14.2 Å². The zero-order chi connectivity index (χ0) is 50.6. The van der Waals surface area contributed by atoms with E-state index in [-0.39, 0.29) is 18.5 Å². The number of hydrogen-bond donors (Lipinski definition) is 0. The number of esters is 2. The highest BCUT2D eigenvalue weighted by Crippen LogP contribution is 2.18. The molecule has 0 aromatic rings. The van der Waals surface area contributed by atoms with Crippen LogP contribution in [-0.4, -0.2) is 37.9 Å². The average molecular weight is 988 g/mol. The molecule has 0 amide bonds. The van der Waals surface area contributed by atoms with Crippen molar-refractivity contribution in [3.8, 4) is 0 Å². The summed E-state index contributed by atoms with van der Waals surface area (Å²) in [6.07, 6.45) is 73.9. The van der Waals surface area contributed by atoms with Gasteiger partial charge in [0, 0.05) is 19.4 Å². The quantitative estimate of drug-likeness (QED) is 0.0345. The monoisotopic (exact) mass is 987 g/mol. The van der Waals surface area contributed by atoms with Crippen LogP contribution in [0.5, 0.6) is 0 Å². The average Bonchev–Trinajstić information content (AvgIpc) is 3.36. The van der Waals surface area contributed by atoms with Gasteiger partial charge in [-0.15, -0.1) is 0 Å². The van der Waals surface area contributed by atoms with E-state index in [2.05, 4.69) is 32.9 Å². The highest BCUT2D eigenvalue weighted by molar-refractivity contribution is 5.70. The first-order valence-electron chi connectivity index (χ1n) is 32.2. The van der Waals surface area contributed by atoms with E-state index in [1.807, 2.05) is 0 Å². The first-order valence-corrected chi connectivity index (χ1v) is 32.2. The van der Waals surface area contributed by atoms with Gasteiger partial charge in [0.15, 0.2) is 6.10 Å². The van der Waals surface area contributed by atoms with Gasteiger partial charge in [-0.3, -0.25) is 9.59 Å². The van der Waals surface area contributed by atoms with Crippen LogP contribution < -0.4 is 0 Å². The van der Waals surface area contributed by atoms with E-state index in [1.165, 1.54) is 295 Å². The summed E-state index contributed by atoms with van der Waals surface area (Å²) in [4.78, 5) is 25.6. The van der Waals surface area contributed by atoms with E-state index < -0.39 is 6.10 Å². The molecular formula is C65H126O5. The summed E-state index contributed by atoms with van der Waals surface area (Å²) in [6.45, 7) is 7.91. The number of unbranched alkanes of at least 4 members (excludes halogenated alkanes) is 48. The lowest BCUT2D eigenvalue weighted by atomic mass is 10.0. The van der Waals surface area contributed by atoms with Gasteiger partial charge in [-0.1, -0.05) is 322 Å². The summed E-state index contributed by atoms with van der Waals surface area (Å²) in [6, 6.07) is 0. The second-order valence-corrected chi connectivity index (χ2v) is 22.0. The Bertz CT molecular complexity index is 1030. The molecule has 0 heterocycles. The SMILES string of the molecule is CCCCCCCC/C=C\CCCCCCCCOCC(COC(=O)CCCCCCCCCCCCCCCCCCCCC)OC(=O)CCCCCCCCCCCCCCCCCCCCC. The minimum Gasteiger partial charge on any atom is -0.462 e. The van der Waals surface area contributed by atoms with Gasteiger partial charge in [0.25, 0.3) is 0 Å². The van der Waals surface area contributed by atoms with E-state index in [1.54, 1.807) is 0 Å². The van der Waals surface area contributed by atoms with Crippen molar-refractivity contribution < 1.29 is 23.8 Å². The van der Waals surface area contributed by atoms with Crippen LogP contribution in [0.4, 0.5) is 0 Å². The topological polar surface area (TPSA) is 61.8 Å². The van der Waals surface area contributed by atoms with Crippen LogP contribution in [-0.2, 0) is 23.8 Å². The molecule has 0 aliphatic rings. The zero-order valence-electron chi connectivity index (χ0n) is 48.1. The minimum atomic E-state index is -0.531. The molecule has 416 valence electrons. The summed E-state index contributed by atoms with van der Waals surface area (Å²) < 4.78 is 17.6. The van der Waals surface area contributed by atoms with Crippen molar-refractivity contribution in [3.05, 3.63) is 12.2 Å². The van der Waals surface area contributed by atoms with Crippen LogP contribution in [0, 0.1) is 0 Å². The van der Waals surface area contributed by atoms with Crippen LogP contribution in [0.3, 0.4) is 0 Å². The van der Waals surface area contributed by atoms with Gasteiger partial charge in [-0.25, -0.2) is 0 Å². The molecule has 0 aromatic carbocycles. The molecule has 5 heteroatoms. The van der Waals surface area contributed by atoms with Crippen molar-refractivity contribution in [2.45, 2.75) is 374 Å². The Morgan fingerprint density at radius 2 is 0.557 bits per heavy atom. The van der Waals surface area contributed by atoms with E-state index in [9.17, 15) is 9.59 Å². The number of hydrogen-bond acceptors (Lipinski definition) is 5. The lowest BCUT2D eigenvalue weighted by Crippen LogP contribution is -2.30. The molecule has 0 saturated carbocycles. The summed E-state index contributed by atoms with van der Waals surface area (Å²) in [5.41, 5.74) is 0. The minimum absolute atomic E-state index is 0.0935. The Hall–Kier alpha value is -1.36. The van der Waals surface area contributed by atoms with E-state index in [0.717, 1.165) is 38.5 Å². The van der Waals surface area contributed by atoms with Crippen molar-refractivity contribution in [1.82, 2.24) is 0 Å². The maximum atomic E-state index is 12.9. The third kappa shape index (κ3) is 59.2. The van der Waals surface area contributed by atoms with Crippen molar-refractivity contribution in [2.24, 2.45) is 0 Å². The van der Waals surface area contributed by atoms with Crippen molar-refractivity contribution in [1.29, 1.82) is 0 Å². The molecule has 0 bridgehead atoms. The molecule has 0 saturated heterocycles. The maximum absolute atomic E-state index is 12.9. The molecule has 1 unspecified atom stereocenters. The standard InChI is InChI=1S/C65H126O5/c1-4-7-10-13-16-19-22-25-28-31-33-35-37-40-43-46-49-52-55-58-64(66)69-62-63(61-68-60-57-54-51-48-45-42-39-30-27-24-21-18-15-12-9-6-3)70-65(67)59-56-53-50-47-44-41-38-36-34-32-29-26-23-20-17-14-11-8-5-2/h27,30,63H,4-26,28-29,31-62H2,1-3H3/b30-27-. The Labute approximate surface area is 439 Å². The van der Waals surface area contributed by atoms with Gasteiger partial charge in [0.1, 0.15) is 6.61 Å². The number of rotatable bonds is 61. The van der Waals surface area contributed by atoms with Gasteiger partial charge in [-0.2, -0.15) is 0 Å². The molecule has 70 heavy (non-hydrogen) atoms. The fourth-order valence-corrected chi connectivity index (χ4v) is 9.98. The highest BCUT2D eigenvalue weighted by atomic mass is 16.6. The highest BCUT2D eigenvalue weighted by Gasteiger charge is 2.18. The summed E-state index contributed by atoms with van der Waals surface area (Å²) in [5.74, 6) is -0.368. The summed E-state index contributed by atoms with van der Waals surface area (Å²) in [7, 11) is 0. The number of ether oxygens (including phenoxy) is 3. The molecule has 0 spiro atoms. The largest absolute Gasteiger partial charge is 0.462 e. The lowest BCUT2D eigenvalue weighted by molar-refractivity contribution is -0.163. The predicted octanol–water partition coefficient (Wildman–Crippen LogP) is 22.1. The fraction of sp³-hybridized carbons (Fsp3) is 0.938. The Balaban J connectivity index is 4.19. The van der Waals surface area contributed by atoms with Crippen molar-refractivity contribution in [3.63, 3.8) is 0 Å². The molecule has 1 atom stereocenters.